The van der Waals surface area contributed by atoms with Gasteiger partial charge in [-0.3, -0.25) is 4.79 Å². The smallest absolute Gasteiger partial charge is 0.222 e. The lowest BCUT2D eigenvalue weighted by Gasteiger charge is -2.36. The minimum absolute atomic E-state index is 0.193. The van der Waals surface area contributed by atoms with Gasteiger partial charge in [-0.2, -0.15) is 0 Å². The van der Waals surface area contributed by atoms with Gasteiger partial charge in [0.1, 0.15) is 18.5 Å². The fourth-order valence-electron chi connectivity index (χ4n) is 2.85. The van der Waals surface area contributed by atoms with Gasteiger partial charge in [0, 0.05) is 50.4 Å². The zero-order valence-corrected chi connectivity index (χ0v) is 14.1. The van der Waals surface area contributed by atoms with E-state index in [9.17, 15) is 4.79 Å². The first-order valence-electron chi connectivity index (χ1n) is 8.17. The van der Waals surface area contributed by atoms with Crippen LogP contribution >= 0.6 is 0 Å². The molecule has 0 N–H and O–H groups in total. The third kappa shape index (κ3) is 3.66. The molecule has 1 saturated heterocycles. The molecule has 0 aliphatic carbocycles. The van der Waals surface area contributed by atoms with Crippen LogP contribution in [0.25, 0.3) is 0 Å². The van der Waals surface area contributed by atoms with Crippen molar-refractivity contribution >= 4 is 11.7 Å². The van der Waals surface area contributed by atoms with Crippen LogP contribution in [0, 0.1) is 13.8 Å². The van der Waals surface area contributed by atoms with E-state index >= 15 is 0 Å². The Morgan fingerprint density at radius 1 is 1.17 bits per heavy atom. The van der Waals surface area contributed by atoms with Gasteiger partial charge in [0.2, 0.25) is 5.91 Å². The fourth-order valence-corrected chi connectivity index (χ4v) is 2.85. The van der Waals surface area contributed by atoms with E-state index in [0.29, 0.717) is 13.0 Å². The maximum Gasteiger partial charge on any atom is 0.222 e. The number of tetrazole rings is 1. The predicted octanol–water partition coefficient (Wildman–Crippen LogP) is 0.209. The van der Waals surface area contributed by atoms with Gasteiger partial charge in [-0.1, -0.05) is 0 Å². The second kappa shape index (κ2) is 7.33. The van der Waals surface area contributed by atoms with Crippen molar-refractivity contribution in [1.82, 2.24) is 35.1 Å². The van der Waals surface area contributed by atoms with E-state index in [0.717, 1.165) is 49.7 Å². The molecule has 0 spiro atoms. The van der Waals surface area contributed by atoms with Crippen LogP contribution in [0.5, 0.6) is 0 Å². The molecule has 1 aliphatic rings. The topological polar surface area (TPSA) is 92.9 Å². The Morgan fingerprint density at radius 3 is 2.67 bits per heavy atom. The van der Waals surface area contributed by atoms with Crippen LogP contribution in [0.2, 0.25) is 0 Å². The molecule has 1 fully saturated rings. The maximum absolute atomic E-state index is 12.3. The lowest BCUT2D eigenvalue weighted by Crippen LogP contribution is -2.49. The van der Waals surface area contributed by atoms with Crippen molar-refractivity contribution in [3.8, 4) is 0 Å². The first kappa shape index (κ1) is 16.3. The van der Waals surface area contributed by atoms with Gasteiger partial charge in [0.25, 0.3) is 0 Å². The molecule has 0 saturated carbocycles. The largest absolute Gasteiger partial charge is 0.353 e. The number of aryl methyl sites for hydroxylation is 2. The van der Waals surface area contributed by atoms with Gasteiger partial charge in [0.15, 0.2) is 0 Å². The molecule has 1 amide bonds. The Kier molecular flexibility index (Phi) is 4.97. The van der Waals surface area contributed by atoms with Crippen molar-refractivity contribution in [2.24, 2.45) is 0 Å². The van der Waals surface area contributed by atoms with E-state index in [-0.39, 0.29) is 5.91 Å². The van der Waals surface area contributed by atoms with Crippen molar-refractivity contribution < 1.29 is 4.79 Å². The summed E-state index contributed by atoms with van der Waals surface area (Å²) in [6.45, 7) is 7.76. The SMILES string of the molecule is Cc1ncnc(N2CCN(C(=O)CCCn3cnnn3)CC2)c1C. The third-order valence-corrected chi connectivity index (χ3v) is 4.41. The number of rotatable bonds is 5. The zero-order valence-electron chi connectivity index (χ0n) is 14.1. The molecule has 128 valence electrons. The normalized spacial score (nSPS) is 14.9. The van der Waals surface area contributed by atoms with Crippen molar-refractivity contribution in [2.45, 2.75) is 33.2 Å². The summed E-state index contributed by atoms with van der Waals surface area (Å²) in [6.07, 6.45) is 4.43. The summed E-state index contributed by atoms with van der Waals surface area (Å²) < 4.78 is 1.64. The molecule has 9 heteroatoms. The lowest BCUT2D eigenvalue weighted by atomic mass is 10.2. The highest BCUT2D eigenvalue weighted by Gasteiger charge is 2.22. The highest BCUT2D eigenvalue weighted by Crippen LogP contribution is 2.19. The number of hydrogen-bond acceptors (Lipinski definition) is 7. The van der Waals surface area contributed by atoms with Crippen LogP contribution in [0.3, 0.4) is 0 Å². The third-order valence-electron chi connectivity index (χ3n) is 4.41. The second-order valence-corrected chi connectivity index (χ2v) is 5.95. The number of carbonyl (C=O) groups excluding carboxylic acids is 1. The van der Waals surface area contributed by atoms with Gasteiger partial charge in [0.05, 0.1) is 0 Å². The van der Waals surface area contributed by atoms with E-state index < -0.39 is 0 Å². The Bertz CT molecular complexity index is 679. The molecular weight excluding hydrogens is 308 g/mol. The second-order valence-electron chi connectivity index (χ2n) is 5.95. The van der Waals surface area contributed by atoms with Crippen LogP contribution < -0.4 is 4.90 Å². The summed E-state index contributed by atoms with van der Waals surface area (Å²) in [5, 5.41) is 11.0. The van der Waals surface area contributed by atoms with E-state index in [1.54, 1.807) is 17.3 Å². The van der Waals surface area contributed by atoms with Gasteiger partial charge in [-0.25, -0.2) is 14.6 Å². The minimum Gasteiger partial charge on any atom is -0.353 e. The van der Waals surface area contributed by atoms with E-state index in [2.05, 4.69) is 30.4 Å². The number of carbonyl (C=O) groups is 1. The molecule has 0 atom stereocenters. The average molecular weight is 330 g/mol. The molecule has 0 bridgehead atoms. The Balaban J connectivity index is 1.47. The molecule has 1 aliphatic heterocycles. The summed E-state index contributed by atoms with van der Waals surface area (Å²) in [7, 11) is 0. The molecule has 0 radical (unpaired) electrons. The van der Waals surface area contributed by atoms with Crippen LogP contribution in [0.4, 0.5) is 5.82 Å². The first-order chi connectivity index (χ1) is 11.6. The van der Waals surface area contributed by atoms with Gasteiger partial charge in [-0.05, 0) is 30.7 Å². The van der Waals surface area contributed by atoms with Crippen molar-refractivity contribution in [3.63, 3.8) is 0 Å². The van der Waals surface area contributed by atoms with Crippen LogP contribution in [0.1, 0.15) is 24.1 Å². The van der Waals surface area contributed by atoms with E-state index in [1.165, 1.54) is 0 Å². The Morgan fingerprint density at radius 2 is 1.96 bits per heavy atom. The van der Waals surface area contributed by atoms with E-state index in [4.69, 9.17) is 0 Å². The molecular formula is C15H22N8O. The van der Waals surface area contributed by atoms with Crippen LogP contribution in [0.15, 0.2) is 12.7 Å². The molecule has 0 aromatic carbocycles. The number of nitrogens with zero attached hydrogens (tertiary/aromatic N) is 8. The number of amides is 1. The fraction of sp³-hybridized carbons (Fsp3) is 0.600. The maximum atomic E-state index is 12.3. The molecule has 3 heterocycles. The summed E-state index contributed by atoms with van der Waals surface area (Å²) >= 11 is 0. The molecule has 9 nitrogen and oxygen atoms in total. The highest BCUT2D eigenvalue weighted by atomic mass is 16.2. The molecule has 24 heavy (non-hydrogen) atoms. The number of hydrogen-bond donors (Lipinski definition) is 0. The number of piperazine rings is 1. The standard InChI is InChI=1S/C15H22N8O/c1-12-13(2)16-10-17-15(12)22-8-6-21(7-9-22)14(24)4-3-5-23-11-18-19-20-23/h10-11H,3-9H2,1-2H3. The summed E-state index contributed by atoms with van der Waals surface area (Å²) in [6, 6.07) is 0. The minimum atomic E-state index is 0.193. The Hall–Kier alpha value is -2.58. The van der Waals surface area contributed by atoms with Gasteiger partial charge >= 0.3 is 0 Å². The average Bonchev–Trinajstić information content (AvgIpc) is 3.11. The number of aromatic nitrogens is 6. The van der Waals surface area contributed by atoms with Crippen LogP contribution in [-0.4, -0.2) is 67.2 Å². The highest BCUT2D eigenvalue weighted by molar-refractivity contribution is 5.76. The molecule has 2 aromatic rings. The van der Waals surface area contributed by atoms with Gasteiger partial charge in [-0.15, -0.1) is 5.10 Å². The van der Waals surface area contributed by atoms with Crippen LogP contribution in [-0.2, 0) is 11.3 Å². The molecule has 0 unspecified atom stereocenters. The van der Waals surface area contributed by atoms with Crippen molar-refractivity contribution in [2.75, 3.05) is 31.1 Å². The van der Waals surface area contributed by atoms with Crippen molar-refractivity contribution in [3.05, 3.63) is 23.9 Å². The monoisotopic (exact) mass is 330 g/mol. The molecule has 3 rings (SSSR count). The quantitative estimate of drug-likeness (QED) is 0.773. The zero-order chi connectivity index (χ0) is 16.9. The summed E-state index contributed by atoms with van der Waals surface area (Å²) in [4.78, 5) is 25.1. The number of anilines is 1. The van der Waals surface area contributed by atoms with E-state index in [1.807, 2.05) is 18.7 Å². The predicted molar refractivity (Wildman–Crippen MR) is 87.4 cm³/mol. The summed E-state index contributed by atoms with van der Waals surface area (Å²) in [5.41, 5.74) is 2.11. The lowest BCUT2D eigenvalue weighted by molar-refractivity contribution is -0.131. The van der Waals surface area contributed by atoms with Crippen molar-refractivity contribution in [1.29, 1.82) is 0 Å². The molecule has 2 aromatic heterocycles. The summed E-state index contributed by atoms with van der Waals surface area (Å²) in [5.74, 6) is 1.17. The first-order valence-corrected chi connectivity index (χ1v) is 8.17. The van der Waals surface area contributed by atoms with Gasteiger partial charge < -0.3 is 9.80 Å². The Labute approximate surface area is 140 Å².